The summed E-state index contributed by atoms with van der Waals surface area (Å²) in [6.07, 6.45) is 6.15. The van der Waals surface area contributed by atoms with Crippen LogP contribution in [0.3, 0.4) is 0 Å². The van der Waals surface area contributed by atoms with Crippen LogP contribution in [-0.2, 0) is 14.3 Å². The Morgan fingerprint density at radius 2 is 1.67 bits per heavy atom. The fraction of sp³-hybridized carbons (Fsp3) is 0.361. The maximum absolute atomic E-state index is 15.7. The summed E-state index contributed by atoms with van der Waals surface area (Å²) in [6, 6.07) is 14.7. The molecule has 2 heterocycles. The highest BCUT2D eigenvalue weighted by molar-refractivity contribution is 6.16. The predicted molar refractivity (Wildman–Crippen MR) is 174 cm³/mol. The summed E-state index contributed by atoms with van der Waals surface area (Å²) < 4.78 is 52.9. The highest BCUT2D eigenvalue weighted by Crippen LogP contribution is 2.49. The Bertz CT molecular complexity index is 1860. The molecule has 0 atom stereocenters. The number of nitrogens with zero attached hydrogens (tertiary/aromatic N) is 2. The number of amides is 2. The van der Waals surface area contributed by atoms with Gasteiger partial charge in [-0.25, -0.2) is 8.78 Å². The maximum Gasteiger partial charge on any atom is 0.247 e. The first-order valence-electron chi connectivity index (χ1n) is 16.0. The third-order valence-electron chi connectivity index (χ3n) is 9.39. The number of anilines is 2. The molecule has 250 valence electrons. The number of nitrogens with two attached hydrogens (primary N) is 1. The number of ether oxygens (including phenoxy) is 4. The van der Waals surface area contributed by atoms with Crippen molar-refractivity contribution in [3.05, 3.63) is 78.5 Å². The van der Waals surface area contributed by atoms with E-state index >= 15 is 4.39 Å². The van der Waals surface area contributed by atoms with Gasteiger partial charge in [0.1, 0.15) is 23.6 Å². The molecule has 4 aromatic rings. The van der Waals surface area contributed by atoms with E-state index in [2.05, 4.69) is 10.3 Å². The van der Waals surface area contributed by atoms with Gasteiger partial charge in [0.2, 0.25) is 11.8 Å². The Labute approximate surface area is 276 Å². The molecule has 0 spiro atoms. The lowest BCUT2D eigenvalue weighted by atomic mass is 10.0. The van der Waals surface area contributed by atoms with Crippen molar-refractivity contribution in [2.45, 2.75) is 50.1 Å². The van der Waals surface area contributed by atoms with E-state index in [4.69, 9.17) is 24.7 Å². The van der Waals surface area contributed by atoms with E-state index in [9.17, 15) is 14.0 Å². The standard InChI is InChI=1S/C36H36F2N4O6/c1-45-31-19-26-28(20-32(31)47-21-35(11-12-35)41-23-9-16-46-17-10-23)40-15-8-29(26)48-30-7-6-25(18-27(30)38)42(24-4-2-22(37)3-5-24)34(44)36(13-14-36)33(39)43/h2-8,15,18-20,23,41H,9-14,16-17,21H2,1H3,(H2,39,43). The normalized spacial score (nSPS) is 17.8. The number of fused-ring (bicyclic) bond motifs is 1. The average Bonchev–Trinajstić information content (AvgIpc) is 4.03. The summed E-state index contributed by atoms with van der Waals surface area (Å²) in [7, 11) is 1.55. The van der Waals surface area contributed by atoms with Crippen LogP contribution in [0.1, 0.15) is 38.5 Å². The van der Waals surface area contributed by atoms with E-state index in [1.54, 1.807) is 31.5 Å². The quantitative estimate of drug-likeness (QED) is 0.180. The molecule has 1 aromatic heterocycles. The number of hydrogen-bond acceptors (Lipinski definition) is 8. The molecule has 1 saturated heterocycles. The van der Waals surface area contributed by atoms with Gasteiger partial charge in [-0.3, -0.25) is 19.5 Å². The van der Waals surface area contributed by atoms with Gasteiger partial charge in [-0.2, -0.15) is 0 Å². The number of halogens is 2. The Kier molecular flexibility index (Phi) is 8.38. The minimum atomic E-state index is -1.39. The van der Waals surface area contributed by atoms with Crippen LogP contribution < -0.4 is 30.2 Å². The van der Waals surface area contributed by atoms with Crippen molar-refractivity contribution in [1.82, 2.24) is 10.3 Å². The number of hydrogen-bond donors (Lipinski definition) is 2. The minimum absolute atomic E-state index is 0.0694. The number of methoxy groups -OCH3 is 1. The SMILES string of the molecule is COc1cc2c(Oc3ccc(N(C(=O)C4(C(N)=O)CC4)c4ccc(F)cc4)cc3F)ccnc2cc1OCC1(NC2CCOCC2)CC1. The van der Waals surface area contributed by atoms with Crippen LogP contribution in [0.15, 0.2) is 66.9 Å². The zero-order valence-corrected chi connectivity index (χ0v) is 26.5. The van der Waals surface area contributed by atoms with Crippen molar-refractivity contribution in [3.8, 4) is 23.0 Å². The van der Waals surface area contributed by atoms with Crippen molar-refractivity contribution in [3.63, 3.8) is 0 Å². The van der Waals surface area contributed by atoms with Crippen LogP contribution in [-0.4, -0.2) is 55.3 Å². The number of carbonyl (C=O) groups is 2. The molecule has 0 radical (unpaired) electrons. The average molecular weight is 659 g/mol. The van der Waals surface area contributed by atoms with Gasteiger partial charge in [0.25, 0.3) is 0 Å². The number of primary amides is 1. The summed E-state index contributed by atoms with van der Waals surface area (Å²) in [5.74, 6) is -1.39. The van der Waals surface area contributed by atoms with Crippen LogP contribution in [0, 0.1) is 17.0 Å². The molecular weight excluding hydrogens is 622 g/mol. The Morgan fingerprint density at radius 1 is 0.938 bits per heavy atom. The van der Waals surface area contributed by atoms with Gasteiger partial charge >= 0.3 is 0 Å². The van der Waals surface area contributed by atoms with Gasteiger partial charge in [-0.05, 0) is 87.1 Å². The van der Waals surface area contributed by atoms with Gasteiger partial charge in [-0.1, -0.05) is 0 Å². The molecule has 2 amide bonds. The third kappa shape index (κ3) is 6.25. The van der Waals surface area contributed by atoms with Crippen molar-refractivity contribution >= 4 is 34.1 Å². The molecule has 7 rings (SSSR count). The number of benzene rings is 3. The van der Waals surface area contributed by atoms with E-state index < -0.39 is 28.9 Å². The van der Waals surface area contributed by atoms with E-state index in [0.717, 1.165) is 45.0 Å². The number of pyridine rings is 1. The van der Waals surface area contributed by atoms with Gasteiger partial charge in [0, 0.05) is 48.7 Å². The smallest absolute Gasteiger partial charge is 0.247 e. The van der Waals surface area contributed by atoms with E-state index in [1.165, 1.54) is 41.3 Å². The van der Waals surface area contributed by atoms with Crippen molar-refractivity contribution in [2.24, 2.45) is 11.1 Å². The molecule has 0 bridgehead atoms. The fourth-order valence-corrected chi connectivity index (χ4v) is 6.17. The summed E-state index contributed by atoms with van der Waals surface area (Å²) in [4.78, 5) is 31.5. The van der Waals surface area contributed by atoms with Crippen LogP contribution in [0.2, 0.25) is 0 Å². The first-order valence-corrected chi connectivity index (χ1v) is 16.0. The number of rotatable bonds is 12. The van der Waals surface area contributed by atoms with Gasteiger partial charge in [0.15, 0.2) is 23.1 Å². The van der Waals surface area contributed by atoms with Crippen molar-refractivity contribution < 1.29 is 37.3 Å². The molecule has 1 aliphatic heterocycles. The highest BCUT2D eigenvalue weighted by Gasteiger charge is 2.57. The Balaban J connectivity index is 1.13. The largest absolute Gasteiger partial charge is 0.493 e. The second kappa shape index (κ2) is 12.7. The maximum atomic E-state index is 15.7. The Morgan fingerprint density at radius 3 is 2.31 bits per heavy atom. The van der Waals surface area contributed by atoms with Gasteiger partial charge in [0.05, 0.1) is 23.9 Å². The van der Waals surface area contributed by atoms with E-state index in [-0.39, 0.29) is 35.5 Å². The van der Waals surface area contributed by atoms with Crippen molar-refractivity contribution in [2.75, 3.05) is 31.8 Å². The Hall–Kier alpha value is -4.81. The first kappa shape index (κ1) is 31.8. The molecule has 48 heavy (non-hydrogen) atoms. The molecule has 3 fully saturated rings. The summed E-state index contributed by atoms with van der Waals surface area (Å²) in [6.45, 7) is 2.02. The van der Waals surface area contributed by atoms with E-state index in [0.29, 0.717) is 40.8 Å². The molecule has 3 N–H and O–H groups in total. The fourth-order valence-electron chi connectivity index (χ4n) is 6.17. The molecule has 0 unspecified atom stereocenters. The summed E-state index contributed by atoms with van der Waals surface area (Å²) in [5, 5.41) is 4.34. The third-order valence-corrected chi connectivity index (χ3v) is 9.39. The summed E-state index contributed by atoms with van der Waals surface area (Å²) in [5.41, 5.74) is 5.07. The van der Waals surface area contributed by atoms with Gasteiger partial charge < -0.3 is 30.0 Å². The van der Waals surface area contributed by atoms with Crippen LogP contribution in [0.4, 0.5) is 20.2 Å². The molecular formula is C36H36F2N4O6. The molecule has 2 saturated carbocycles. The lowest BCUT2D eigenvalue weighted by molar-refractivity contribution is -0.133. The molecule has 10 nitrogen and oxygen atoms in total. The van der Waals surface area contributed by atoms with Crippen LogP contribution >= 0.6 is 0 Å². The minimum Gasteiger partial charge on any atom is -0.493 e. The number of aromatic nitrogens is 1. The lowest BCUT2D eigenvalue weighted by Gasteiger charge is -2.28. The predicted octanol–water partition coefficient (Wildman–Crippen LogP) is 5.92. The molecule has 3 aromatic carbocycles. The molecule has 3 aliphatic rings. The molecule has 2 aliphatic carbocycles. The van der Waals surface area contributed by atoms with Crippen molar-refractivity contribution in [1.29, 1.82) is 0 Å². The zero-order valence-electron chi connectivity index (χ0n) is 26.5. The zero-order chi connectivity index (χ0) is 33.5. The van der Waals surface area contributed by atoms with Crippen LogP contribution in [0.5, 0.6) is 23.0 Å². The van der Waals surface area contributed by atoms with E-state index in [1.807, 2.05) is 0 Å². The topological polar surface area (TPSA) is 125 Å². The second-order valence-corrected chi connectivity index (χ2v) is 12.7. The number of nitrogens with one attached hydrogen (secondary N) is 1. The monoisotopic (exact) mass is 658 g/mol. The summed E-state index contributed by atoms with van der Waals surface area (Å²) >= 11 is 0. The first-order chi connectivity index (χ1) is 23.2. The lowest BCUT2D eigenvalue weighted by Crippen LogP contribution is -2.46. The highest BCUT2D eigenvalue weighted by atomic mass is 19.1. The van der Waals surface area contributed by atoms with Gasteiger partial charge in [-0.15, -0.1) is 0 Å². The van der Waals surface area contributed by atoms with Crippen LogP contribution in [0.25, 0.3) is 10.9 Å². The number of carbonyl (C=O) groups excluding carboxylic acids is 2. The second-order valence-electron chi connectivity index (χ2n) is 12.7. The molecule has 12 heteroatoms.